The Morgan fingerprint density at radius 3 is 2.70 bits per heavy atom. The van der Waals surface area contributed by atoms with Gasteiger partial charge in [-0.3, -0.25) is 4.79 Å². The number of rotatable bonds is 8. The van der Waals surface area contributed by atoms with Crippen LogP contribution >= 0.6 is 0 Å². The number of hydrogen-bond donors (Lipinski definition) is 2. The number of aromatic nitrogens is 3. The molecule has 2 aromatic heterocycles. The van der Waals surface area contributed by atoms with Gasteiger partial charge in [0.05, 0.1) is 0 Å². The molecule has 0 radical (unpaired) electrons. The number of ether oxygens (including phenoxy) is 2. The van der Waals surface area contributed by atoms with E-state index in [1.807, 2.05) is 0 Å². The van der Waals surface area contributed by atoms with Gasteiger partial charge in [-0.25, -0.2) is 18.8 Å². The van der Waals surface area contributed by atoms with E-state index >= 15 is 0 Å². The SMILES string of the molecule is CC(Oc1ccc(CNC(=O)c2cccnc2Oc2ccc3nonc3c2)c(F)c1)C(=O)O. The van der Waals surface area contributed by atoms with E-state index in [0.717, 1.165) is 6.07 Å². The van der Waals surface area contributed by atoms with Crippen LogP contribution in [-0.4, -0.2) is 38.4 Å². The molecule has 0 aliphatic carbocycles. The van der Waals surface area contributed by atoms with Crippen LogP contribution in [0.15, 0.2) is 59.4 Å². The van der Waals surface area contributed by atoms with Gasteiger partial charge in [0.2, 0.25) is 5.88 Å². The number of aliphatic carboxylic acids is 1. The number of amides is 1. The van der Waals surface area contributed by atoms with Crippen molar-refractivity contribution in [3.8, 4) is 17.4 Å². The van der Waals surface area contributed by atoms with Gasteiger partial charge in [0, 0.05) is 30.4 Å². The summed E-state index contributed by atoms with van der Waals surface area (Å²) < 4.78 is 29.9. The largest absolute Gasteiger partial charge is 0.479 e. The number of carbonyl (C=O) groups excluding carboxylic acids is 1. The highest BCUT2D eigenvalue weighted by Gasteiger charge is 2.17. The lowest BCUT2D eigenvalue weighted by atomic mass is 10.2. The van der Waals surface area contributed by atoms with Gasteiger partial charge in [0.1, 0.15) is 33.9 Å². The summed E-state index contributed by atoms with van der Waals surface area (Å²) in [5, 5.41) is 19.0. The van der Waals surface area contributed by atoms with Crippen molar-refractivity contribution >= 4 is 22.9 Å². The summed E-state index contributed by atoms with van der Waals surface area (Å²) in [7, 11) is 0. The molecule has 168 valence electrons. The average molecular weight is 452 g/mol. The van der Waals surface area contributed by atoms with Crippen LogP contribution in [0, 0.1) is 5.82 Å². The van der Waals surface area contributed by atoms with Crippen molar-refractivity contribution in [1.29, 1.82) is 0 Å². The minimum absolute atomic E-state index is 0.0534. The van der Waals surface area contributed by atoms with Gasteiger partial charge in [0.25, 0.3) is 5.91 Å². The van der Waals surface area contributed by atoms with Gasteiger partial charge in [-0.2, -0.15) is 0 Å². The number of carboxylic acid groups (broad SMARTS) is 1. The van der Waals surface area contributed by atoms with Crippen molar-refractivity contribution < 1.29 is 33.2 Å². The quantitative estimate of drug-likeness (QED) is 0.412. The molecular formula is C22H17FN4O6. The first-order chi connectivity index (χ1) is 15.9. The second kappa shape index (κ2) is 9.30. The van der Waals surface area contributed by atoms with Crippen LogP contribution in [0.25, 0.3) is 11.0 Å². The summed E-state index contributed by atoms with van der Waals surface area (Å²) in [5.74, 6) is -1.84. The topological polar surface area (TPSA) is 137 Å². The number of carboxylic acids is 1. The third-order valence-corrected chi connectivity index (χ3v) is 4.58. The second-order valence-electron chi connectivity index (χ2n) is 6.91. The average Bonchev–Trinajstić information content (AvgIpc) is 3.26. The fraction of sp³-hybridized carbons (Fsp3) is 0.136. The first-order valence-electron chi connectivity index (χ1n) is 9.72. The maximum atomic E-state index is 14.4. The van der Waals surface area contributed by atoms with Crippen molar-refractivity contribution in [1.82, 2.24) is 20.6 Å². The van der Waals surface area contributed by atoms with Crippen molar-refractivity contribution in [3.63, 3.8) is 0 Å². The predicted octanol–water partition coefficient (Wildman–Crippen LogP) is 3.33. The minimum atomic E-state index is -1.17. The number of halogens is 1. The molecule has 33 heavy (non-hydrogen) atoms. The van der Waals surface area contributed by atoms with Gasteiger partial charge >= 0.3 is 5.97 Å². The maximum Gasteiger partial charge on any atom is 0.344 e. The lowest BCUT2D eigenvalue weighted by Crippen LogP contribution is -2.24. The van der Waals surface area contributed by atoms with E-state index < -0.39 is 23.8 Å². The van der Waals surface area contributed by atoms with E-state index in [9.17, 15) is 14.0 Å². The zero-order valence-corrected chi connectivity index (χ0v) is 17.2. The highest BCUT2D eigenvalue weighted by Crippen LogP contribution is 2.25. The summed E-state index contributed by atoms with van der Waals surface area (Å²) in [6, 6.07) is 11.9. The van der Waals surface area contributed by atoms with E-state index in [1.54, 1.807) is 24.3 Å². The number of nitrogens with zero attached hydrogens (tertiary/aromatic N) is 3. The monoisotopic (exact) mass is 452 g/mol. The molecule has 4 aromatic rings. The Morgan fingerprint density at radius 1 is 1.12 bits per heavy atom. The van der Waals surface area contributed by atoms with Crippen LogP contribution in [0.4, 0.5) is 4.39 Å². The smallest absolute Gasteiger partial charge is 0.344 e. The molecule has 0 saturated heterocycles. The number of carbonyl (C=O) groups is 2. The van der Waals surface area contributed by atoms with Crippen LogP contribution in [0.1, 0.15) is 22.8 Å². The van der Waals surface area contributed by atoms with Crippen LogP contribution < -0.4 is 14.8 Å². The fourth-order valence-electron chi connectivity index (χ4n) is 2.85. The van der Waals surface area contributed by atoms with Gasteiger partial charge in [-0.1, -0.05) is 6.07 Å². The Hall–Kier alpha value is -4.54. The predicted molar refractivity (Wildman–Crippen MR) is 111 cm³/mol. The van der Waals surface area contributed by atoms with Gasteiger partial charge < -0.3 is 19.9 Å². The summed E-state index contributed by atoms with van der Waals surface area (Å²) in [4.78, 5) is 27.7. The van der Waals surface area contributed by atoms with Crippen LogP contribution in [0.3, 0.4) is 0 Å². The second-order valence-corrected chi connectivity index (χ2v) is 6.91. The molecule has 2 aromatic carbocycles. The number of pyridine rings is 1. The molecule has 0 fully saturated rings. The molecule has 0 bridgehead atoms. The lowest BCUT2D eigenvalue weighted by molar-refractivity contribution is -0.144. The molecule has 1 unspecified atom stereocenters. The Kier molecular flexibility index (Phi) is 6.11. The summed E-state index contributed by atoms with van der Waals surface area (Å²) in [6.45, 7) is 1.22. The van der Waals surface area contributed by atoms with E-state index in [1.165, 1.54) is 31.3 Å². The van der Waals surface area contributed by atoms with Gasteiger partial charge in [0.15, 0.2) is 6.10 Å². The molecule has 0 saturated carbocycles. The first kappa shape index (κ1) is 21.7. The normalized spacial score (nSPS) is 11.7. The zero-order chi connectivity index (χ0) is 23.4. The van der Waals surface area contributed by atoms with Crippen molar-refractivity contribution in [3.05, 3.63) is 71.7 Å². The standard InChI is InChI=1S/C22H17FN4O6/c1-12(22(29)30)31-14-5-4-13(17(23)9-14)11-25-20(28)16-3-2-8-24-21(16)32-15-6-7-18-19(10-15)27-33-26-18/h2-10,12H,11H2,1H3,(H,25,28)(H,29,30). The van der Waals surface area contributed by atoms with Gasteiger partial charge in [-0.05, 0) is 47.6 Å². The molecule has 2 heterocycles. The Labute approximate surface area is 185 Å². The van der Waals surface area contributed by atoms with Crippen LogP contribution in [-0.2, 0) is 11.3 Å². The summed E-state index contributed by atoms with van der Waals surface area (Å²) >= 11 is 0. The Balaban J connectivity index is 1.44. The molecule has 11 heteroatoms. The molecule has 2 N–H and O–H groups in total. The fourth-order valence-corrected chi connectivity index (χ4v) is 2.85. The van der Waals surface area contributed by atoms with Crippen LogP contribution in [0.5, 0.6) is 17.4 Å². The molecule has 4 rings (SSSR count). The third-order valence-electron chi connectivity index (χ3n) is 4.58. The molecule has 0 spiro atoms. The number of nitrogens with one attached hydrogen (secondary N) is 1. The minimum Gasteiger partial charge on any atom is -0.479 e. The zero-order valence-electron chi connectivity index (χ0n) is 17.2. The Morgan fingerprint density at radius 2 is 1.91 bits per heavy atom. The van der Waals surface area contributed by atoms with Crippen LogP contribution in [0.2, 0.25) is 0 Å². The molecule has 1 amide bonds. The van der Waals surface area contributed by atoms with E-state index in [-0.39, 0.29) is 29.3 Å². The summed E-state index contributed by atoms with van der Waals surface area (Å²) in [6.07, 6.45) is 0.346. The third kappa shape index (κ3) is 5.03. The molecule has 1 atom stereocenters. The Bertz CT molecular complexity index is 1330. The molecular weight excluding hydrogens is 435 g/mol. The van der Waals surface area contributed by atoms with E-state index in [2.05, 4.69) is 25.2 Å². The van der Waals surface area contributed by atoms with Gasteiger partial charge in [-0.15, -0.1) is 0 Å². The maximum absolute atomic E-state index is 14.4. The number of fused-ring (bicyclic) bond motifs is 1. The van der Waals surface area contributed by atoms with Crippen molar-refractivity contribution in [2.75, 3.05) is 0 Å². The number of hydrogen-bond acceptors (Lipinski definition) is 8. The molecule has 10 nitrogen and oxygen atoms in total. The lowest BCUT2D eigenvalue weighted by Gasteiger charge is -2.13. The highest BCUT2D eigenvalue weighted by molar-refractivity contribution is 5.96. The van der Waals surface area contributed by atoms with Crippen molar-refractivity contribution in [2.45, 2.75) is 19.6 Å². The first-order valence-corrected chi connectivity index (χ1v) is 9.72. The molecule has 0 aliphatic heterocycles. The van der Waals surface area contributed by atoms with Crippen molar-refractivity contribution in [2.24, 2.45) is 0 Å². The molecule has 0 aliphatic rings. The number of benzene rings is 2. The highest BCUT2D eigenvalue weighted by atomic mass is 19.1. The van der Waals surface area contributed by atoms with E-state index in [4.69, 9.17) is 14.6 Å². The van der Waals surface area contributed by atoms with E-state index in [0.29, 0.717) is 16.8 Å². The summed E-state index contributed by atoms with van der Waals surface area (Å²) in [5.41, 5.74) is 1.37.